The molecule has 1 N–H and O–H groups in total. The van der Waals surface area contributed by atoms with Crippen molar-refractivity contribution in [2.75, 3.05) is 13.2 Å². The summed E-state index contributed by atoms with van der Waals surface area (Å²) < 4.78 is 24.8. The predicted molar refractivity (Wildman–Crippen MR) is 100 cm³/mol. The normalized spacial score (nSPS) is 11.3. The Bertz CT molecular complexity index is 1010. The lowest BCUT2D eigenvalue weighted by atomic mass is 10.1. The second-order valence-electron chi connectivity index (χ2n) is 6.52. The lowest BCUT2D eigenvalue weighted by molar-refractivity contribution is -0.121. The average molecular weight is 388 g/mol. The zero-order valence-electron chi connectivity index (χ0n) is 15.6. The molecule has 1 aromatic carbocycles. The van der Waals surface area contributed by atoms with E-state index in [1.165, 1.54) is 35.2 Å². The molecule has 148 valence electrons. The third-order valence-electron chi connectivity index (χ3n) is 3.99. The average Bonchev–Trinajstić information content (AvgIpc) is 3.09. The number of halogens is 1. The lowest BCUT2D eigenvalue weighted by Gasteiger charge is -2.09. The number of ether oxygens (including phenoxy) is 1. The van der Waals surface area contributed by atoms with Crippen LogP contribution in [0.4, 0.5) is 4.39 Å². The Morgan fingerprint density at radius 2 is 2.07 bits per heavy atom. The van der Waals surface area contributed by atoms with Gasteiger partial charge in [-0.15, -0.1) is 0 Å². The molecule has 1 amide bonds. The quantitative estimate of drug-likeness (QED) is 0.594. The van der Waals surface area contributed by atoms with E-state index in [0.29, 0.717) is 25.1 Å². The zero-order chi connectivity index (χ0) is 20.1. The van der Waals surface area contributed by atoms with Gasteiger partial charge in [0.15, 0.2) is 0 Å². The molecular weight excluding hydrogens is 367 g/mol. The van der Waals surface area contributed by atoms with Crippen LogP contribution in [-0.4, -0.2) is 39.9 Å². The van der Waals surface area contributed by atoms with Gasteiger partial charge in [-0.25, -0.2) is 9.37 Å². The summed E-state index contributed by atoms with van der Waals surface area (Å²) in [7, 11) is 0. The summed E-state index contributed by atoms with van der Waals surface area (Å²) in [6.07, 6.45) is 2.06. The molecule has 0 atom stereocenters. The van der Waals surface area contributed by atoms with Crippen LogP contribution in [0.2, 0.25) is 0 Å². The highest BCUT2D eigenvalue weighted by Crippen LogP contribution is 2.24. The summed E-state index contributed by atoms with van der Waals surface area (Å²) in [6.45, 7) is 4.70. The van der Waals surface area contributed by atoms with Crippen molar-refractivity contribution in [2.24, 2.45) is 0 Å². The van der Waals surface area contributed by atoms with Gasteiger partial charge >= 0.3 is 0 Å². The van der Waals surface area contributed by atoms with Crippen molar-refractivity contribution in [3.63, 3.8) is 0 Å². The number of nitrogens with one attached hydrogen (secondary N) is 1. The molecule has 3 rings (SSSR count). The first-order chi connectivity index (χ1) is 13.5. The number of hydrogen-bond donors (Lipinski definition) is 1. The van der Waals surface area contributed by atoms with E-state index in [9.17, 15) is 14.0 Å². The minimum absolute atomic E-state index is 0.0619. The van der Waals surface area contributed by atoms with Gasteiger partial charge in [0, 0.05) is 18.7 Å². The molecular formula is C19H21FN4O4. The fourth-order valence-corrected chi connectivity index (χ4v) is 2.63. The number of nitrogens with zero attached hydrogens (tertiary/aromatic N) is 3. The van der Waals surface area contributed by atoms with Gasteiger partial charge in [0.25, 0.3) is 11.3 Å². The molecule has 2 heterocycles. The Kier molecular flexibility index (Phi) is 6.15. The van der Waals surface area contributed by atoms with E-state index < -0.39 is 11.4 Å². The first-order valence-corrected chi connectivity index (χ1v) is 8.94. The third-order valence-corrected chi connectivity index (χ3v) is 3.99. The van der Waals surface area contributed by atoms with E-state index in [0.717, 1.165) is 0 Å². The van der Waals surface area contributed by atoms with E-state index in [4.69, 9.17) is 9.26 Å². The molecule has 0 aliphatic carbocycles. The topological polar surface area (TPSA) is 99.2 Å². The van der Waals surface area contributed by atoms with E-state index in [2.05, 4.69) is 15.5 Å². The second-order valence-corrected chi connectivity index (χ2v) is 6.52. The second kappa shape index (κ2) is 8.75. The molecule has 28 heavy (non-hydrogen) atoms. The summed E-state index contributed by atoms with van der Waals surface area (Å²) in [4.78, 5) is 28.9. The lowest BCUT2D eigenvalue weighted by Crippen LogP contribution is -2.33. The van der Waals surface area contributed by atoms with Crippen molar-refractivity contribution in [1.82, 2.24) is 20.0 Å². The summed E-state index contributed by atoms with van der Waals surface area (Å²) in [5.41, 5.74) is 0.384. The summed E-state index contributed by atoms with van der Waals surface area (Å²) in [5.74, 6) is -0.713. The number of carbonyl (C=O) groups excluding carboxylic acids is 1. The van der Waals surface area contributed by atoms with Gasteiger partial charge in [0.2, 0.25) is 5.91 Å². The monoisotopic (exact) mass is 388 g/mol. The van der Waals surface area contributed by atoms with Crippen LogP contribution in [0.25, 0.3) is 22.4 Å². The molecule has 0 saturated heterocycles. The van der Waals surface area contributed by atoms with Crippen LogP contribution in [0.5, 0.6) is 0 Å². The summed E-state index contributed by atoms with van der Waals surface area (Å²) in [6, 6.07) is 5.52. The van der Waals surface area contributed by atoms with Crippen molar-refractivity contribution >= 4 is 17.0 Å². The zero-order valence-corrected chi connectivity index (χ0v) is 15.6. The van der Waals surface area contributed by atoms with Crippen molar-refractivity contribution in [2.45, 2.75) is 32.9 Å². The predicted octanol–water partition coefficient (Wildman–Crippen LogP) is 2.12. The molecule has 0 fully saturated rings. The Hall–Kier alpha value is -3.07. The number of fused-ring (bicyclic) bond motifs is 1. The highest BCUT2D eigenvalue weighted by Gasteiger charge is 2.18. The maximum absolute atomic E-state index is 13.1. The smallest absolute Gasteiger partial charge is 0.267 e. The largest absolute Gasteiger partial charge is 0.379 e. The number of rotatable bonds is 8. The Labute approximate surface area is 160 Å². The molecule has 9 heteroatoms. The highest BCUT2D eigenvalue weighted by atomic mass is 19.1. The van der Waals surface area contributed by atoms with Gasteiger partial charge in [-0.2, -0.15) is 0 Å². The minimum Gasteiger partial charge on any atom is -0.379 e. The third kappa shape index (κ3) is 4.61. The van der Waals surface area contributed by atoms with Crippen LogP contribution in [-0.2, 0) is 16.1 Å². The van der Waals surface area contributed by atoms with Crippen molar-refractivity contribution in [1.29, 1.82) is 0 Å². The molecule has 3 aromatic rings. The van der Waals surface area contributed by atoms with Crippen molar-refractivity contribution in [3.8, 4) is 11.3 Å². The molecule has 0 aliphatic rings. The maximum atomic E-state index is 13.1. The molecule has 0 aliphatic heterocycles. The first-order valence-electron chi connectivity index (χ1n) is 8.94. The molecule has 0 spiro atoms. The fraction of sp³-hybridized carbons (Fsp3) is 0.368. The summed E-state index contributed by atoms with van der Waals surface area (Å²) >= 11 is 0. The Morgan fingerprint density at radius 1 is 1.32 bits per heavy atom. The molecule has 0 radical (unpaired) electrons. The van der Waals surface area contributed by atoms with Crippen LogP contribution in [0, 0.1) is 5.82 Å². The van der Waals surface area contributed by atoms with Crippen LogP contribution < -0.4 is 10.9 Å². The molecule has 8 nitrogen and oxygen atoms in total. The van der Waals surface area contributed by atoms with E-state index in [1.54, 1.807) is 0 Å². The van der Waals surface area contributed by atoms with Gasteiger partial charge in [0.05, 0.1) is 6.10 Å². The number of hydrogen-bond acceptors (Lipinski definition) is 6. The van der Waals surface area contributed by atoms with Crippen LogP contribution in [0.1, 0.15) is 20.3 Å². The van der Waals surface area contributed by atoms with Gasteiger partial charge in [-0.1, -0.05) is 5.16 Å². The van der Waals surface area contributed by atoms with Gasteiger partial charge in [0.1, 0.15) is 29.8 Å². The number of carbonyl (C=O) groups is 1. The first kappa shape index (κ1) is 19.7. The Morgan fingerprint density at radius 3 is 2.79 bits per heavy atom. The highest BCUT2D eigenvalue weighted by molar-refractivity contribution is 5.88. The summed E-state index contributed by atoms with van der Waals surface area (Å²) in [5, 5.41) is 6.76. The number of amides is 1. The van der Waals surface area contributed by atoms with Crippen LogP contribution >= 0.6 is 0 Å². The van der Waals surface area contributed by atoms with Gasteiger partial charge in [-0.3, -0.25) is 14.2 Å². The molecule has 0 saturated carbocycles. The van der Waals surface area contributed by atoms with E-state index in [1.807, 2.05) is 13.8 Å². The van der Waals surface area contributed by atoms with E-state index >= 15 is 0 Å². The van der Waals surface area contributed by atoms with Gasteiger partial charge < -0.3 is 14.6 Å². The molecule has 2 aromatic heterocycles. The SMILES string of the molecule is CC(C)OCCCNC(=O)Cn1cnc2onc(-c3ccc(F)cc3)c2c1=O. The van der Waals surface area contributed by atoms with Gasteiger partial charge in [-0.05, 0) is 44.5 Å². The number of aromatic nitrogens is 3. The number of benzene rings is 1. The maximum Gasteiger partial charge on any atom is 0.267 e. The van der Waals surface area contributed by atoms with E-state index in [-0.39, 0.29) is 35.3 Å². The van der Waals surface area contributed by atoms with Crippen LogP contribution in [0.15, 0.2) is 39.9 Å². The standard InChI is InChI=1S/C19H21FN4O4/c1-12(2)27-9-3-8-21-15(25)10-24-11-22-18-16(19(24)26)17(23-28-18)13-4-6-14(20)7-5-13/h4-7,11-12H,3,8-10H2,1-2H3,(H,21,25). The van der Waals surface area contributed by atoms with Crippen molar-refractivity contribution < 1.29 is 18.4 Å². The molecule has 0 bridgehead atoms. The minimum atomic E-state index is -0.455. The van der Waals surface area contributed by atoms with Crippen LogP contribution in [0.3, 0.4) is 0 Å². The fourth-order valence-electron chi connectivity index (χ4n) is 2.63. The Balaban J connectivity index is 1.73. The molecule has 0 unspecified atom stereocenters. The van der Waals surface area contributed by atoms with Crippen molar-refractivity contribution in [3.05, 3.63) is 46.8 Å².